The minimum atomic E-state index is -0.133. The predicted molar refractivity (Wildman–Crippen MR) is 92.6 cm³/mol. The van der Waals surface area contributed by atoms with Crippen LogP contribution >= 0.6 is 0 Å². The maximum atomic E-state index is 12.8. The number of benzene rings is 2. The Morgan fingerprint density at radius 2 is 1.83 bits per heavy atom. The van der Waals surface area contributed by atoms with E-state index in [1.54, 1.807) is 0 Å². The molecule has 0 fully saturated rings. The normalized spacial score (nSPS) is 20.0. The fraction of sp³-hybridized carbons (Fsp3) is 0.350. The molecule has 118 valence electrons. The molecule has 2 aliphatic rings. The van der Waals surface area contributed by atoms with E-state index in [4.69, 9.17) is 0 Å². The standard InChI is InChI=1S/C20H22N2O/c1-14(22-13-12-16-7-3-5-9-19(16)22)20(23)21-18-11-10-15-6-2-4-8-17(15)18/h2-9,14,18H,10-13H2,1H3,(H,21,23)/t14-,18-/m1/s1. The predicted octanol–water partition coefficient (Wildman–Crippen LogP) is 3.24. The van der Waals surface area contributed by atoms with E-state index in [1.165, 1.54) is 22.4 Å². The van der Waals surface area contributed by atoms with Crippen LogP contribution in [-0.4, -0.2) is 18.5 Å². The fourth-order valence-electron chi connectivity index (χ4n) is 3.91. The van der Waals surface area contributed by atoms with Crippen molar-refractivity contribution in [2.45, 2.75) is 38.3 Å². The Balaban J connectivity index is 1.48. The summed E-state index contributed by atoms with van der Waals surface area (Å²) in [4.78, 5) is 15.0. The molecule has 0 bridgehead atoms. The molecule has 1 N–H and O–H groups in total. The van der Waals surface area contributed by atoms with Gasteiger partial charge in [-0.25, -0.2) is 0 Å². The number of anilines is 1. The maximum Gasteiger partial charge on any atom is 0.242 e. The summed E-state index contributed by atoms with van der Waals surface area (Å²) in [5.41, 5.74) is 5.21. The highest BCUT2D eigenvalue weighted by Gasteiger charge is 2.30. The number of para-hydroxylation sites is 1. The molecule has 2 atom stereocenters. The topological polar surface area (TPSA) is 32.3 Å². The molecule has 0 unspecified atom stereocenters. The number of hydrogen-bond donors (Lipinski definition) is 1. The number of aryl methyl sites for hydroxylation is 1. The van der Waals surface area contributed by atoms with Gasteiger partial charge in [0.15, 0.2) is 0 Å². The molecule has 1 aliphatic heterocycles. The highest BCUT2D eigenvalue weighted by molar-refractivity contribution is 5.86. The molecule has 23 heavy (non-hydrogen) atoms. The summed E-state index contributed by atoms with van der Waals surface area (Å²) < 4.78 is 0. The summed E-state index contributed by atoms with van der Waals surface area (Å²) in [7, 11) is 0. The monoisotopic (exact) mass is 306 g/mol. The van der Waals surface area contributed by atoms with Crippen LogP contribution in [0.2, 0.25) is 0 Å². The third kappa shape index (κ3) is 2.50. The first-order valence-electron chi connectivity index (χ1n) is 8.47. The van der Waals surface area contributed by atoms with Gasteiger partial charge >= 0.3 is 0 Å². The van der Waals surface area contributed by atoms with Crippen molar-refractivity contribution in [3.05, 3.63) is 65.2 Å². The average molecular weight is 306 g/mol. The van der Waals surface area contributed by atoms with Crippen molar-refractivity contribution in [1.82, 2.24) is 5.32 Å². The summed E-state index contributed by atoms with van der Waals surface area (Å²) >= 11 is 0. The summed E-state index contributed by atoms with van der Waals surface area (Å²) in [6.45, 7) is 2.94. The van der Waals surface area contributed by atoms with Gasteiger partial charge in [-0.15, -0.1) is 0 Å². The first-order chi connectivity index (χ1) is 11.2. The van der Waals surface area contributed by atoms with Gasteiger partial charge in [0, 0.05) is 12.2 Å². The number of rotatable bonds is 3. The third-order valence-corrected chi connectivity index (χ3v) is 5.22. The second-order valence-electron chi connectivity index (χ2n) is 6.55. The number of nitrogens with one attached hydrogen (secondary N) is 1. The van der Waals surface area contributed by atoms with Crippen molar-refractivity contribution >= 4 is 11.6 Å². The number of nitrogens with zero attached hydrogens (tertiary/aromatic N) is 1. The van der Waals surface area contributed by atoms with Crippen molar-refractivity contribution in [2.24, 2.45) is 0 Å². The van der Waals surface area contributed by atoms with E-state index in [9.17, 15) is 4.79 Å². The van der Waals surface area contributed by atoms with E-state index < -0.39 is 0 Å². The first kappa shape index (κ1) is 14.3. The zero-order valence-corrected chi connectivity index (χ0v) is 13.5. The largest absolute Gasteiger partial charge is 0.359 e. The summed E-state index contributed by atoms with van der Waals surface area (Å²) in [6.07, 6.45) is 3.09. The van der Waals surface area contributed by atoms with Gasteiger partial charge in [0.2, 0.25) is 5.91 Å². The molecule has 0 radical (unpaired) electrons. The second kappa shape index (κ2) is 5.73. The molecule has 3 heteroatoms. The van der Waals surface area contributed by atoms with Gasteiger partial charge in [0.25, 0.3) is 0 Å². The van der Waals surface area contributed by atoms with E-state index >= 15 is 0 Å². The minimum Gasteiger partial charge on any atom is -0.359 e. The van der Waals surface area contributed by atoms with Gasteiger partial charge < -0.3 is 10.2 Å². The molecule has 1 aliphatic carbocycles. The highest BCUT2D eigenvalue weighted by atomic mass is 16.2. The number of fused-ring (bicyclic) bond motifs is 2. The lowest BCUT2D eigenvalue weighted by molar-refractivity contribution is -0.122. The van der Waals surface area contributed by atoms with Crippen LogP contribution < -0.4 is 10.2 Å². The van der Waals surface area contributed by atoms with Crippen molar-refractivity contribution in [2.75, 3.05) is 11.4 Å². The Kier molecular flexibility index (Phi) is 3.56. The Labute approximate surface area is 137 Å². The molecular weight excluding hydrogens is 284 g/mol. The van der Waals surface area contributed by atoms with Crippen LogP contribution in [0.4, 0.5) is 5.69 Å². The minimum absolute atomic E-state index is 0.128. The van der Waals surface area contributed by atoms with Gasteiger partial charge in [-0.3, -0.25) is 4.79 Å². The molecule has 2 aromatic carbocycles. The van der Waals surface area contributed by atoms with E-state index in [0.29, 0.717) is 0 Å². The van der Waals surface area contributed by atoms with E-state index in [-0.39, 0.29) is 18.0 Å². The molecule has 2 aromatic rings. The van der Waals surface area contributed by atoms with Crippen LogP contribution in [0.25, 0.3) is 0 Å². The Morgan fingerprint density at radius 1 is 1.09 bits per heavy atom. The summed E-state index contributed by atoms with van der Waals surface area (Å²) in [5.74, 6) is 0.128. The molecule has 1 amide bonds. The molecular formula is C20H22N2O. The second-order valence-corrected chi connectivity index (χ2v) is 6.55. The van der Waals surface area contributed by atoms with Crippen LogP contribution in [0.5, 0.6) is 0 Å². The number of carbonyl (C=O) groups excluding carboxylic acids is 1. The molecule has 4 rings (SSSR count). The van der Waals surface area contributed by atoms with Gasteiger partial charge in [-0.2, -0.15) is 0 Å². The molecule has 0 saturated carbocycles. The van der Waals surface area contributed by atoms with Crippen LogP contribution in [0.1, 0.15) is 36.1 Å². The summed E-state index contributed by atoms with van der Waals surface area (Å²) in [5, 5.41) is 3.26. The lowest BCUT2D eigenvalue weighted by atomic mass is 10.1. The van der Waals surface area contributed by atoms with Gasteiger partial charge in [0.05, 0.1) is 6.04 Å². The van der Waals surface area contributed by atoms with E-state index in [0.717, 1.165) is 25.8 Å². The van der Waals surface area contributed by atoms with Crippen LogP contribution in [-0.2, 0) is 17.6 Å². The molecule has 0 aromatic heterocycles. The zero-order chi connectivity index (χ0) is 15.8. The molecule has 1 heterocycles. The third-order valence-electron chi connectivity index (χ3n) is 5.22. The van der Waals surface area contributed by atoms with Crippen molar-refractivity contribution in [1.29, 1.82) is 0 Å². The molecule has 3 nitrogen and oxygen atoms in total. The van der Waals surface area contributed by atoms with Gasteiger partial charge in [0.1, 0.15) is 6.04 Å². The zero-order valence-electron chi connectivity index (χ0n) is 13.5. The van der Waals surface area contributed by atoms with Crippen molar-refractivity contribution in [3.8, 4) is 0 Å². The number of carbonyl (C=O) groups is 1. The summed E-state index contributed by atoms with van der Waals surface area (Å²) in [6, 6.07) is 16.9. The van der Waals surface area contributed by atoms with Crippen LogP contribution in [0.15, 0.2) is 48.5 Å². The lowest BCUT2D eigenvalue weighted by Crippen LogP contribution is -2.45. The van der Waals surface area contributed by atoms with E-state index in [1.807, 2.05) is 6.92 Å². The lowest BCUT2D eigenvalue weighted by Gasteiger charge is -2.28. The fourth-order valence-corrected chi connectivity index (χ4v) is 3.91. The Bertz CT molecular complexity index is 740. The van der Waals surface area contributed by atoms with Crippen LogP contribution in [0, 0.1) is 0 Å². The quantitative estimate of drug-likeness (QED) is 0.944. The smallest absolute Gasteiger partial charge is 0.242 e. The molecule has 0 spiro atoms. The Hall–Kier alpha value is -2.29. The van der Waals surface area contributed by atoms with Gasteiger partial charge in [-0.05, 0) is 48.9 Å². The number of hydrogen-bond acceptors (Lipinski definition) is 2. The van der Waals surface area contributed by atoms with Crippen molar-refractivity contribution in [3.63, 3.8) is 0 Å². The van der Waals surface area contributed by atoms with Crippen LogP contribution in [0.3, 0.4) is 0 Å². The SMILES string of the molecule is C[C@H](C(=O)N[C@@H]1CCc2ccccc21)N1CCc2ccccc21. The van der Waals surface area contributed by atoms with E-state index in [2.05, 4.69) is 58.7 Å². The van der Waals surface area contributed by atoms with Crippen molar-refractivity contribution < 1.29 is 4.79 Å². The average Bonchev–Trinajstić information content (AvgIpc) is 3.19. The molecule has 0 saturated heterocycles. The highest BCUT2D eigenvalue weighted by Crippen LogP contribution is 2.32. The Morgan fingerprint density at radius 3 is 2.70 bits per heavy atom. The number of amides is 1. The maximum absolute atomic E-state index is 12.8. The van der Waals surface area contributed by atoms with Gasteiger partial charge in [-0.1, -0.05) is 42.5 Å². The first-order valence-corrected chi connectivity index (χ1v) is 8.47.